The van der Waals surface area contributed by atoms with Gasteiger partial charge in [-0.25, -0.2) is 0 Å². The van der Waals surface area contributed by atoms with Crippen LogP contribution < -0.4 is 0 Å². The van der Waals surface area contributed by atoms with E-state index in [0.717, 1.165) is 23.9 Å². The fraction of sp³-hybridized carbons (Fsp3) is 0.538. The van der Waals surface area contributed by atoms with Gasteiger partial charge in [0, 0.05) is 6.04 Å². The van der Waals surface area contributed by atoms with E-state index in [-0.39, 0.29) is 0 Å². The lowest BCUT2D eigenvalue weighted by molar-refractivity contribution is 0.139. The van der Waals surface area contributed by atoms with E-state index >= 15 is 0 Å². The summed E-state index contributed by atoms with van der Waals surface area (Å²) >= 11 is 1.63. The van der Waals surface area contributed by atoms with Crippen LogP contribution in [0.15, 0.2) is 21.9 Å². The maximum atomic E-state index is 5.73. The average Bonchev–Trinajstić information content (AvgIpc) is 3.02. The van der Waals surface area contributed by atoms with Gasteiger partial charge in [-0.2, -0.15) is 0 Å². The van der Waals surface area contributed by atoms with Crippen molar-refractivity contribution in [3.63, 3.8) is 0 Å². The molecule has 0 amide bonds. The van der Waals surface area contributed by atoms with Crippen LogP contribution in [0.3, 0.4) is 0 Å². The van der Waals surface area contributed by atoms with Crippen LogP contribution in [0.2, 0.25) is 0 Å². The van der Waals surface area contributed by atoms with E-state index in [0.29, 0.717) is 11.9 Å². The van der Waals surface area contributed by atoms with Crippen molar-refractivity contribution in [2.75, 3.05) is 6.54 Å². The minimum absolute atomic E-state index is 0.621. The van der Waals surface area contributed by atoms with Crippen LogP contribution in [-0.4, -0.2) is 27.7 Å². The molecule has 1 fully saturated rings. The molecule has 1 saturated heterocycles. The Morgan fingerprint density at radius 3 is 3.17 bits per heavy atom. The summed E-state index contributed by atoms with van der Waals surface area (Å²) in [6, 6.07) is 4.62. The SMILES string of the molecule is CC1CCCCN1Cc1nnc(-c2cccs2)o1. The predicted octanol–water partition coefficient (Wildman–Crippen LogP) is 3.17. The third kappa shape index (κ3) is 2.47. The van der Waals surface area contributed by atoms with Crippen molar-refractivity contribution < 1.29 is 4.42 Å². The average molecular weight is 263 g/mol. The van der Waals surface area contributed by atoms with E-state index in [2.05, 4.69) is 22.0 Å². The number of rotatable bonds is 3. The lowest BCUT2D eigenvalue weighted by Crippen LogP contribution is -2.36. The lowest BCUT2D eigenvalue weighted by Gasteiger charge is -2.31. The highest BCUT2D eigenvalue weighted by Gasteiger charge is 2.20. The van der Waals surface area contributed by atoms with E-state index < -0.39 is 0 Å². The smallest absolute Gasteiger partial charge is 0.257 e. The highest BCUT2D eigenvalue weighted by atomic mass is 32.1. The van der Waals surface area contributed by atoms with Gasteiger partial charge in [-0.1, -0.05) is 12.5 Å². The van der Waals surface area contributed by atoms with Crippen molar-refractivity contribution in [1.29, 1.82) is 0 Å². The second-order valence-corrected chi connectivity index (χ2v) is 5.74. The minimum atomic E-state index is 0.621. The number of nitrogens with zero attached hydrogens (tertiary/aromatic N) is 3. The maximum absolute atomic E-state index is 5.73. The third-order valence-electron chi connectivity index (χ3n) is 3.48. The lowest BCUT2D eigenvalue weighted by atomic mass is 10.0. The summed E-state index contributed by atoms with van der Waals surface area (Å²) < 4.78 is 5.73. The topological polar surface area (TPSA) is 42.2 Å². The number of aromatic nitrogens is 2. The predicted molar refractivity (Wildman–Crippen MR) is 71.3 cm³/mol. The van der Waals surface area contributed by atoms with E-state index in [1.165, 1.54) is 19.3 Å². The molecule has 4 nitrogen and oxygen atoms in total. The van der Waals surface area contributed by atoms with Crippen molar-refractivity contribution in [3.05, 3.63) is 23.4 Å². The molecule has 0 bridgehead atoms. The van der Waals surface area contributed by atoms with E-state index in [1.54, 1.807) is 11.3 Å². The quantitative estimate of drug-likeness (QED) is 0.853. The van der Waals surface area contributed by atoms with Crippen molar-refractivity contribution in [1.82, 2.24) is 15.1 Å². The summed E-state index contributed by atoms with van der Waals surface area (Å²) in [6.45, 7) is 4.19. The van der Waals surface area contributed by atoms with Gasteiger partial charge < -0.3 is 4.42 Å². The highest BCUT2D eigenvalue weighted by molar-refractivity contribution is 7.13. The van der Waals surface area contributed by atoms with Gasteiger partial charge in [0.05, 0.1) is 11.4 Å². The molecule has 0 radical (unpaired) electrons. The van der Waals surface area contributed by atoms with Gasteiger partial charge in [0.15, 0.2) is 0 Å². The Balaban J connectivity index is 1.70. The molecule has 0 aliphatic carbocycles. The number of thiophene rings is 1. The Bertz CT molecular complexity index is 494. The first-order valence-electron chi connectivity index (χ1n) is 6.43. The summed E-state index contributed by atoms with van der Waals surface area (Å²) in [7, 11) is 0. The number of hydrogen-bond donors (Lipinski definition) is 0. The molecule has 0 N–H and O–H groups in total. The molecule has 1 atom stereocenters. The number of hydrogen-bond acceptors (Lipinski definition) is 5. The zero-order valence-electron chi connectivity index (χ0n) is 10.5. The molecule has 1 aliphatic rings. The second-order valence-electron chi connectivity index (χ2n) is 4.79. The van der Waals surface area contributed by atoms with Gasteiger partial charge in [-0.05, 0) is 37.8 Å². The largest absolute Gasteiger partial charge is 0.419 e. The van der Waals surface area contributed by atoms with Crippen LogP contribution in [0.5, 0.6) is 0 Å². The van der Waals surface area contributed by atoms with Gasteiger partial charge in [-0.15, -0.1) is 21.5 Å². The molecular formula is C13H17N3OS. The third-order valence-corrected chi connectivity index (χ3v) is 4.34. The zero-order chi connectivity index (χ0) is 12.4. The first-order chi connectivity index (χ1) is 8.83. The maximum Gasteiger partial charge on any atom is 0.257 e. The Hall–Kier alpha value is -1.20. The van der Waals surface area contributed by atoms with E-state index in [1.807, 2.05) is 17.5 Å². The molecule has 3 rings (SSSR count). The number of likely N-dealkylation sites (tertiary alicyclic amines) is 1. The summed E-state index contributed by atoms with van der Waals surface area (Å²) in [4.78, 5) is 3.47. The van der Waals surface area contributed by atoms with Gasteiger partial charge in [-0.3, -0.25) is 4.90 Å². The number of piperidine rings is 1. The summed E-state index contributed by atoms with van der Waals surface area (Å²) in [5, 5.41) is 10.3. The van der Waals surface area contributed by atoms with Gasteiger partial charge >= 0.3 is 0 Å². The van der Waals surface area contributed by atoms with Crippen LogP contribution in [0.4, 0.5) is 0 Å². The standard InChI is InChI=1S/C13H17N3OS/c1-10-5-2-3-7-16(10)9-12-14-15-13(17-12)11-6-4-8-18-11/h4,6,8,10H,2-3,5,7,9H2,1H3. The van der Waals surface area contributed by atoms with Crippen LogP contribution in [-0.2, 0) is 6.54 Å². The molecule has 1 aliphatic heterocycles. The van der Waals surface area contributed by atoms with Crippen molar-refractivity contribution >= 4 is 11.3 Å². The van der Waals surface area contributed by atoms with Gasteiger partial charge in [0.1, 0.15) is 0 Å². The van der Waals surface area contributed by atoms with E-state index in [9.17, 15) is 0 Å². The molecule has 0 aromatic carbocycles. The van der Waals surface area contributed by atoms with Crippen molar-refractivity contribution in [3.8, 4) is 10.8 Å². The molecule has 2 aromatic rings. The molecule has 18 heavy (non-hydrogen) atoms. The normalized spacial score (nSPS) is 21.3. The molecule has 1 unspecified atom stereocenters. The van der Waals surface area contributed by atoms with Crippen molar-refractivity contribution in [2.24, 2.45) is 0 Å². The fourth-order valence-corrected chi connectivity index (χ4v) is 3.03. The molecule has 2 aromatic heterocycles. The van der Waals surface area contributed by atoms with Crippen LogP contribution in [0, 0.1) is 0 Å². The molecule has 96 valence electrons. The Labute approximate surface area is 111 Å². The minimum Gasteiger partial charge on any atom is -0.419 e. The summed E-state index contributed by atoms with van der Waals surface area (Å²) in [5.74, 6) is 1.37. The summed E-state index contributed by atoms with van der Waals surface area (Å²) in [6.07, 6.45) is 3.88. The molecular weight excluding hydrogens is 246 g/mol. The fourth-order valence-electron chi connectivity index (χ4n) is 2.38. The first-order valence-corrected chi connectivity index (χ1v) is 7.31. The van der Waals surface area contributed by atoms with Crippen LogP contribution in [0.25, 0.3) is 10.8 Å². The first kappa shape index (κ1) is 11.9. The highest BCUT2D eigenvalue weighted by Crippen LogP contribution is 2.24. The summed E-state index contributed by atoms with van der Waals surface area (Å²) in [5.41, 5.74) is 0. The Morgan fingerprint density at radius 2 is 2.39 bits per heavy atom. The molecule has 5 heteroatoms. The van der Waals surface area contributed by atoms with Gasteiger partial charge in [0.2, 0.25) is 5.89 Å². The van der Waals surface area contributed by atoms with Gasteiger partial charge in [0.25, 0.3) is 5.89 Å². The second kappa shape index (κ2) is 5.20. The Morgan fingerprint density at radius 1 is 1.44 bits per heavy atom. The Kier molecular flexibility index (Phi) is 3.43. The molecule has 0 spiro atoms. The monoisotopic (exact) mass is 263 g/mol. The van der Waals surface area contributed by atoms with Crippen molar-refractivity contribution in [2.45, 2.75) is 38.8 Å². The molecule has 0 saturated carbocycles. The van der Waals surface area contributed by atoms with Crippen LogP contribution >= 0.6 is 11.3 Å². The van der Waals surface area contributed by atoms with E-state index in [4.69, 9.17) is 4.42 Å². The zero-order valence-corrected chi connectivity index (χ0v) is 11.3. The molecule has 3 heterocycles. The van der Waals surface area contributed by atoms with Crippen LogP contribution in [0.1, 0.15) is 32.1 Å².